The molecule has 2 heterocycles. The predicted octanol–water partition coefficient (Wildman–Crippen LogP) is 1.18. The molecule has 0 radical (unpaired) electrons. The van der Waals surface area contributed by atoms with Crippen LogP contribution in [0.25, 0.3) is 0 Å². The molecule has 2 aromatic rings. The van der Waals surface area contributed by atoms with Crippen molar-refractivity contribution < 1.29 is 9.59 Å². The number of hydrogen-bond acceptors (Lipinski definition) is 5. The molecule has 1 aromatic heterocycles. The van der Waals surface area contributed by atoms with Crippen LogP contribution in [0.15, 0.2) is 48.8 Å². The molecule has 7 heteroatoms. The third-order valence-corrected chi connectivity index (χ3v) is 4.21. The average Bonchev–Trinajstić information content (AvgIpc) is 2.67. The minimum Gasteiger partial charge on any atom is -0.338 e. The number of aromatic nitrogens is 2. The molecule has 0 aliphatic carbocycles. The van der Waals surface area contributed by atoms with Crippen molar-refractivity contribution in [3.05, 3.63) is 48.8 Å². The fraction of sp³-hybridized carbons (Fsp3) is 0.333. The summed E-state index contributed by atoms with van der Waals surface area (Å²) in [4.78, 5) is 38.4. The Bertz CT molecular complexity index is 715. The Morgan fingerprint density at radius 3 is 2.24 bits per heavy atom. The van der Waals surface area contributed by atoms with Crippen molar-refractivity contribution in [1.29, 1.82) is 0 Å². The molecule has 3 rings (SSSR count). The van der Waals surface area contributed by atoms with Crippen LogP contribution in [0, 0.1) is 0 Å². The molecule has 1 saturated heterocycles. The molecule has 1 aromatic carbocycles. The van der Waals surface area contributed by atoms with Crippen LogP contribution in [0.2, 0.25) is 0 Å². The van der Waals surface area contributed by atoms with Crippen molar-refractivity contribution in [2.24, 2.45) is 0 Å². The Hall–Kier alpha value is -2.96. The third kappa shape index (κ3) is 4.12. The maximum absolute atomic E-state index is 12.6. The summed E-state index contributed by atoms with van der Waals surface area (Å²) in [6.45, 7) is 4.09. The van der Waals surface area contributed by atoms with Gasteiger partial charge in [0, 0.05) is 51.2 Å². The Morgan fingerprint density at radius 2 is 1.64 bits per heavy atom. The Balaban J connectivity index is 1.59. The van der Waals surface area contributed by atoms with Gasteiger partial charge in [0.05, 0.1) is 0 Å². The van der Waals surface area contributed by atoms with Crippen LogP contribution >= 0.6 is 0 Å². The van der Waals surface area contributed by atoms with Gasteiger partial charge in [-0.25, -0.2) is 9.97 Å². The van der Waals surface area contributed by atoms with E-state index in [4.69, 9.17) is 0 Å². The van der Waals surface area contributed by atoms with E-state index < -0.39 is 0 Å². The molecule has 2 amide bonds. The number of para-hydroxylation sites is 1. The van der Waals surface area contributed by atoms with E-state index in [0.29, 0.717) is 32.1 Å². The highest BCUT2D eigenvalue weighted by Gasteiger charge is 2.25. The zero-order valence-corrected chi connectivity index (χ0v) is 14.2. The fourth-order valence-electron chi connectivity index (χ4n) is 2.84. The maximum Gasteiger partial charge on any atom is 0.242 e. The van der Waals surface area contributed by atoms with E-state index in [-0.39, 0.29) is 18.4 Å². The van der Waals surface area contributed by atoms with E-state index in [1.807, 2.05) is 30.3 Å². The number of benzene rings is 1. The third-order valence-electron chi connectivity index (χ3n) is 4.21. The quantitative estimate of drug-likeness (QED) is 0.837. The van der Waals surface area contributed by atoms with Gasteiger partial charge in [0.15, 0.2) is 0 Å². The molecule has 0 bridgehead atoms. The number of carbonyl (C=O) groups excluding carboxylic acids is 2. The second-order valence-corrected chi connectivity index (χ2v) is 5.86. The first-order valence-corrected chi connectivity index (χ1v) is 8.28. The monoisotopic (exact) mass is 339 g/mol. The zero-order valence-electron chi connectivity index (χ0n) is 14.2. The molecule has 7 nitrogen and oxygen atoms in total. The largest absolute Gasteiger partial charge is 0.338 e. The van der Waals surface area contributed by atoms with Crippen molar-refractivity contribution in [3.63, 3.8) is 0 Å². The number of carbonyl (C=O) groups is 2. The van der Waals surface area contributed by atoms with E-state index in [1.165, 1.54) is 11.8 Å². The highest BCUT2D eigenvalue weighted by Crippen LogP contribution is 2.15. The van der Waals surface area contributed by atoms with Gasteiger partial charge in [-0.3, -0.25) is 9.59 Å². The molecule has 1 aliphatic heterocycles. The lowest BCUT2D eigenvalue weighted by molar-refractivity contribution is -0.131. The van der Waals surface area contributed by atoms with E-state index in [2.05, 4.69) is 14.9 Å². The molecule has 0 unspecified atom stereocenters. The summed E-state index contributed by atoms with van der Waals surface area (Å²) in [5.41, 5.74) is 0.736. The van der Waals surface area contributed by atoms with Crippen LogP contribution in [0.1, 0.15) is 6.92 Å². The molecular formula is C18H21N5O2. The molecule has 0 saturated carbocycles. The van der Waals surface area contributed by atoms with Crippen LogP contribution in [-0.4, -0.2) is 59.4 Å². The summed E-state index contributed by atoms with van der Waals surface area (Å²) in [5.74, 6) is 0.493. The highest BCUT2D eigenvalue weighted by atomic mass is 16.2. The maximum atomic E-state index is 12.6. The molecule has 1 fully saturated rings. The Morgan fingerprint density at radius 1 is 1.00 bits per heavy atom. The second-order valence-electron chi connectivity index (χ2n) is 5.86. The molecule has 130 valence electrons. The summed E-state index contributed by atoms with van der Waals surface area (Å²) in [6.07, 6.45) is 3.43. The number of hydrogen-bond donors (Lipinski definition) is 0. The minimum absolute atomic E-state index is 0.0484. The van der Waals surface area contributed by atoms with Crippen LogP contribution in [0.5, 0.6) is 0 Å². The zero-order chi connectivity index (χ0) is 17.6. The number of nitrogens with zero attached hydrogens (tertiary/aromatic N) is 5. The van der Waals surface area contributed by atoms with E-state index >= 15 is 0 Å². The smallest absolute Gasteiger partial charge is 0.242 e. The topological polar surface area (TPSA) is 69.6 Å². The number of piperazine rings is 1. The van der Waals surface area contributed by atoms with Crippen LogP contribution < -0.4 is 9.80 Å². The summed E-state index contributed by atoms with van der Waals surface area (Å²) in [5, 5.41) is 0. The molecule has 1 aliphatic rings. The molecular weight excluding hydrogens is 318 g/mol. The van der Waals surface area contributed by atoms with Gasteiger partial charge in [0.2, 0.25) is 17.8 Å². The normalized spacial score (nSPS) is 14.3. The predicted molar refractivity (Wildman–Crippen MR) is 95.3 cm³/mol. The molecule has 0 N–H and O–H groups in total. The molecule has 25 heavy (non-hydrogen) atoms. The van der Waals surface area contributed by atoms with Gasteiger partial charge in [0.1, 0.15) is 6.54 Å². The lowest BCUT2D eigenvalue weighted by Crippen LogP contribution is -2.52. The van der Waals surface area contributed by atoms with Crippen molar-refractivity contribution in [2.45, 2.75) is 6.92 Å². The first-order valence-electron chi connectivity index (χ1n) is 8.28. The van der Waals surface area contributed by atoms with Gasteiger partial charge in [-0.2, -0.15) is 0 Å². The summed E-state index contributed by atoms with van der Waals surface area (Å²) >= 11 is 0. The van der Waals surface area contributed by atoms with Crippen LogP contribution in [0.4, 0.5) is 11.6 Å². The van der Waals surface area contributed by atoms with E-state index in [0.717, 1.165) is 5.69 Å². The van der Waals surface area contributed by atoms with Crippen molar-refractivity contribution in [1.82, 2.24) is 14.9 Å². The van der Waals surface area contributed by atoms with Gasteiger partial charge in [-0.05, 0) is 18.2 Å². The Labute approximate surface area is 146 Å². The van der Waals surface area contributed by atoms with Gasteiger partial charge in [-0.1, -0.05) is 18.2 Å². The molecule has 0 atom stereocenters. The summed E-state index contributed by atoms with van der Waals surface area (Å²) < 4.78 is 0. The average molecular weight is 339 g/mol. The fourth-order valence-corrected chi connectivity index (χ4v) is 2.84. The number of amides is 2. The lowest BCUT2D eigenvalue weighted by atomic mass is 10.2. The highest BCUT2D eigenvalue weighted by molar-refractivity contribution is 5.97. The Kier molecular flexibility index (Phi) is 5.23. The van der Waals surface area contributed by atoms with Gasteiger partial charge in [-0.15, -0.1) is 0 Å². The summed E-state index contributed by atoms with van der Waals surface area (Å²) in [7, 11) is 0. The van der Waals surface area contributed by atoms with Crippen molar-refractivity contribution >= 4 is 23.5 Å². The van der Waals surface area contributed by atoms with Gasteiger partial charge < -0.3 is 14.7 Å². The first-order chi connectivity index (χ1) is 12.1. The van der Waals surface area contributed by atoms with Gasteiger partial charge in [0.25, 0.3) is 0 Å². The first kappa shape index (κ1) is 16.9. The second kappa shape index (κ2) is 7.74. The van der Waals surface area contributed by atoms with E-state index in [1.54, 1.807) is 23.4 Å². The lowest BCUT2D eigenvalue weighted by Gasteiger charge is -2.35. The SMILES string of the molecule is CC(=O)N(CC(=O)N1CCN(c2ncccn2)CC1)c1ccccc1. The standard InChI is InChI=1S/C18H21N5O2/c1-15(24)23(16-6-3-2-4-7-16)14-17(25)21-10-12-22(13-11-21)18-19-8-5-9-20-18/h2-9H,10-14H2,1H3. The number of rotatable bonds is 4. The molecule has 0 spiro atoms. The van der Waals surface area contributed by atoms with Crippen molar-refractivity contribution in [2.75, 3.05) is 42.5 Å². The minimum atomic E-state index is -0.143. The van der Waals surface area contributed by atoms with E-state index in [9.17, 15) is 9.59 Å². The van der Waals surface area contributed by atoms with Crippen LogP contribution in [0.3, 0.4) is 0 Å². The van der Waals surface area contributed by atoms with Gasteiger partial charge >= 0.3 is 0 Å². The number of anilines is 2. The summed E-state index contributed by atoms with van der Waals surface area (Å²) in [6, 6.07) is 11.0. The van der Waals surface area contributed by atoms with Crippen LogP contribution in [-0.2, 0) is 9.59 Å². The van der Waals surface area contributed by atoms with Crippen molar-refractivity contribution in [3.8, 4) is 0 Å².